The lowest BCUT2D eigenvalue weighted by molar-refractivity contribution is -0.129. The molecule has 0 amide bonds. The largest absolute Gasteiger partial charge is 0.494 e. The summed E-state index contributed by atoms with van der Waals surface area (Å²) in [5.74, 6) is -4.00. The Labute approximate surface area is 509 Å². The van der Waals surface area contributed by atoms with Gasteiger partial charge < -0.3 is 28.4 Å². The molecule has 0 radical (unpaired) electrons. The second-order valence-electron chi connectivity index (χ2n) is 22.3. The number of carbonyl (C=O) groups excluding carboxylic acids is 4. The number of hydrogen-bond donors (Lipinski definition) is 0. The third-order valence-electron chi connectivity index (χ3n) is 15.1. The number of rotatable bonds is 42. The van der Waals surface area contributed by atoms with Crippen LogP contribution in [0.4, 0.5) is 8.78 Å². The summed E-state index contributed by atoms with van der Waals surface area (Å²) in [6, 6.07) is 30.8. The lowest BCUT2D eigenvalue weighted by Crippen LogP contribution is -2.12. The van der Waals surface area contributed by atoms with Gasteiger partial charge in [0.25, 0.3) is 0 Å². The van der Waals surface area contributed by atoms with Crippen LogP contribution in [0.25, 0.3) is 22.9 Å². The van der Waals surface area contributed by atoms with Gasteiger partial charge in [-0.05, 0) is 120 Å². The van der Waals surface area contributed by atoms with E-state index in [9.17, 15) is 19.2 Å². The fraction of sp³-hybridized carbons (Fsp3) is 0.432. The number of carbonyl (C=O) groups is 4. The van der Waals surface area contributed by atoms with Crippen molar-refractivity contribution in [3.05, 3.63) is 167 Å². The van der Waals surface area contributed by atoms with Crippen molar-refractivity contribution >= 4 is 46.8 Å². The second kappa shape index (κ2) is 39.9. The van der Waals surface area contributed by atoms with Gasteiger partial charge in [0, 0.05) is 24.3 Å². The molecule has 0 aliphatic rings. The molecule has 460 valence electrons. The van der Waals surface area contributed by atoms with Crippen LogP contribution in [0.3, 0.4) is 0 Å². The summed E-state index contributed by atoms with van der Waals surface area (Å²) in [6.07, 6.45) is 42.1. The van der Waals surface area contributed by atoms with E-state index < -0.39 is 46.6 Å². The van der Waals surface area contributed by atoms with Gasteiger partial charge in [-0.2, -0.15) is 0 Å². The molecule has 0 aliphatic heterocycles. The molecule has 0 aromatic heterocycles. The highest BCUT2D eigenvalue weighted by atomic mass is 19.1. The maximum atomic E-state index is 15.3. The van der Waals surface area contributed by atoms with Crippen molar-refractivity contribution in [3.8, 4) is 34.5 Å². The molecule has 0 bridgehead atoms. The molecule has 6 rings (SSSR count). The Bertz CT molecular complexity index is 2840. The minimum absolute atomic E-state index is 0.0647. The molecule has 10 nitrogen and oxygen atoms in total. The summed E-state index contributed by atoms with van der Waals surface area (Å²) in [7, 11) is 0. The summed E-state index contributed by atoms with van der Waals surface area (Å²) in [4.78, 5) is 51.5. The number of fused-ring (bicyclic) bond motifs is 1. The summed E-state index contributed by atoms with van der Waals surface area (Å²) < 4.78 is 63.9. The second-order valence-corrected chi connectivity index (χ2v) is 22.3. The van der Waals surface area contributed by atoms with Gasteiger partial charge in [0.05, 0.1) is 24.3 Å². The molecule has 6 aromatic carbocycles. The lowest BCUT2D eigenvalue weighted by atomic mass is 10.0. The van der Waals surface area contributed by atoms with Gasteiger partial charge in [-0.15, -0.1) is 0 Å². The molecule has 0 atom stereocenters. The Balaban J connectivity index is 0.855. The molecule has 0 saturated carbocycles. The van der Waals surface area contributed by atoms with E-state index in [2.05, 4.69) is 13.8 Å². The van der Waals surface area contributed by atoms with Crippen LogP contribution in [0.5, 0.6) is 34.5 Å². The van der Waals surface area contributed by atoms with E-state index in [1.54, 1.807) is 24.3 Å². The van der Waals surface area contributed by atoms with Crippen molar-refractivity contribution in [1.29, 1.82) is 0 Å². The molecular formula is C74H90F2O10. The van der Waals surface area contributed by atoms with Gasteiger partial charge in [0.2, 0.25) is 0 Å². The average molecular weight is 1180 g/mol. The normalized spacial score (nSPS) is 11.3. The van der Waals surface area contributed by atoms with Crippen LogP contribution in [-0.2, 0) is 9.59 Å². The van der Waals surface area contributed by atoms with Crippen LogP contribution >= 0.6 is 0 Å². The Morgan fingerprint density at radius 1 is 0.326 bits per heavy atom. The van der Waals surface area contributed by atoms with Gasteiger partial charge in [0.1, 0.15) is 46.1 Å². The third kappa shape index (κ3) is 26.3. The van der Waals surface area contributed by atoms with E-state index in [1.165, 1.54) is 203 Å². The predicted octanol–water partition coefficient (Wildman–Crippen LogP) is 20.5. The smallest absolute Gasteiger partial charge is 0.346 e. The Kier molecular flexibility index (Phi) is 31.3. The monoisotopic (exact) mass is 1180 g/mol. The first-order valence-corrected chi connectivity index (χ1v) is 31.9. The topological polar surface area (TPSA) is 124 Å². The van der Waals surface area contributed by atoms with E-state index in [1.807, 2.05) is 48.5 Å². The van der Waals surface area contributed by atoms with Crippen LogP contribution in [0.15, 0.2) is 133 Å². The Morgan fingerprint density at radius 3 is 0.942 bits per heavy atom. The van der Waals surface area contributed by atoms with Gasteiger partial charge in [-0.3, -0.25) is 0 Å². The molecule has 12 heteroatoms. The van der Waals surface area contributed by atoms with Crippen molar-refractivity contribution in [2.24, 2.45) is 0 Å². The summed E-state index contributed by atoms with van der Waals surface area (Å²) in [5, 5.41) is 1.18. The zero-order chi connectivity index (χ0) is 60.8. The zero-order valence-electron chi connectivity index (χ0n) is 50.9. The van der Waals surface area contributed by atoms with E-state index in [0.717, 1.165) is 72.6 Å². The molecular weight excluding hydrogens is 1090 g/mol. The fourth-order valence-electron chi connectivity index (χ4n) is 10.1. The molecule has 0 heterocycles. The number of esters is 4. The highest BCUT2D eigenvalue weighted by Gasteiger charge is 2.19. The molecule has 0 N–H and O–H groups in total. The van der Waals surface area contributed by atoms with Crippen molar-refractivity contribution in [1.82, 2.24) is 0 Å². The Hall–Kier alpha value is -7.60. The maximum absolute atomic E-state index is 15.3. The molecule has 0 saturated heterocycles. The number of ether oxygens (including phenoxy) is 6. The van der Waals surface area contributed by atoms with Crippen molar-refractivity contribution in [2.75, 3.05) is 13.2 Å². The number of hydrogen-bond acceptors (Lipinski definition) is 10. The minimum atomic E-state index is -1.00. The highest BCUT2D eigenvalue weighted by Crippen LogP contribution is 2.29. The van der Waals surface area contributed by atoms with Crippen LogP contribution in [0, 0.1) is 11.6 Å². The number of unbranched alkanes of at least 4 members (excludes halogenated alkanes) is 26. The molecule has 86 heavy (non-hydrogen) atoms. The number of halogens is 2. The van der Waals surface area contributed by atoms with Gasteiger partial charge in [-0.25, -0.2) is 28.0 Å². The highest BCUT2D eigenvalue weighted by molar-refractivity contribution is 5.95. The summed E-state index contributed by atoms with van der Waals surface area (Å²) in [6.45, 7) is 5.82. The molecule has 6 aromatic rings. The standard InChI is InChI=1S/C74H90F2O10/c1-3-5-7-9-11-13-15-17-19-21-23-25-27-29-51-81-61-39-31-57(32-40-61)35-49-71(77)83-65-45-47-67(69(75)55-65)73(79)85-63-43-37-59-38-44-64(54-60(59)53-63)86-74(80)68-48-46-66(56-70(68)76)84-72(78)50-36-58-33-41-62(42-34-58)82-52-30-28-26-24-22-20-18-16-14-12-10-8-6-4-2/h31-50,53-56H,3-30,51-52H2,1-2H3/b49-35+,50-36+. The van der Waals surface area contributed by atoms with E-state index in [-0.39, 0.29) is 23.0 Å². The summed E-state index contributed by atoms with van der Waals surface area (Å²) in [5.41, 5.74) is 0.702. The van der Waals surface area contributed by atoms with E-state index in [4.69, 9.17) is 28.4 Å². The van der Waals surface area contributed by atoms with Crippen molar-refractivity contribution in [3.63, 3.8) is 0 Å². The predicted molar refractivity (Wildman–Crippen MR) is 341 cm³/mol. The fourth-order valence-corrected chi connectivity index (χ4v) is 10.1. The van der Waals surface area contributed by atoms with E-state index >= 15 is 8.78 Å². The molecule has 0 unspecified atom stereocenters. The van der Waals surface area contributed by atoms with Gasteiger partial charge in [-0.1, -0.05) is 217 Å². The van der Waals surface area contributed by atoms with Crippen molar-refractivity contribution in [2.45, 2.75) is 194 Å². The van der Waals surface area contributed by atoms with Crippen LogP contribution in [-0.4, -0.2) is 37.1 Å². The first kappa shape index (κ1) is 67.5. The maximum Gasteiger partial charge on any atom is 0.346 e. The van der Waals surface area contributed by atoms with E-state index in [0.29, 0.717) is 24.0 Å². The average Bonchev–Trinajstić information content (AvgIpc) is 2.48. The first-order chi connectivity index (χ1) is 42.1. The first-order valence-electron chi connectivity index (χ1n) is 31.9. The van der Waals surface area contributed by atoms with Crippen molar-refractivity contribution < 1.29 is 56.4 Å². The zero-order valence-corrected chi connectivity index (χ0v) is 50.9. The lowest BCUT2D eigenvalue weighted by Gasteiger charge is -2.10. The molecule has 0 spiro atoms. The SMILES string of the molecule is CCCCCCCCCCCCCCCCOc1ccc(/C=C/C(=O)Oc2ccc(C(=O)Oc3ccc4ccc(OC(=O)c5ccc(OC(=O)/C=C/c6ccc(OCCCCCCCCCCCCCCCC)cc6)cc5F)cc4c3)c(F)c2)cc1. The minimum Gasteiger partial charge on any atom is -0.494 e. The van der Waals surface area contributed by atoms with Gasteiger partial charge >= 0.3 is 23.9 Å². The van der Waals surface area contributed by atoms with Crippen LogP contribution in [0.2, 0.25) is 0 Å². The van der Waals surface area contributed by atoms with Crippen LogP contribution in [0.1, 0.15) is 225 Å². The van der Waals surface area contributed by atoms with Crippen LogP contribution < -0.4 is 28.4 Å². The summed E-state index contributed by atoms with van der Waals surface area (Å²) >= 11 is 0. The molecule has 0 fully saturated rings. The Morgan fingerprint density at radius 2 is 0.616 bits per heavy atom. The quantitative estimate of drug-likeness (QED) is 0.0158. The third-order valence-corrected chi connectivity index (χ3v) is 15.1. The molecule has 0 aliphatic carbocycles. The number of benzene rings is 6. The van der Waals surface area contributed by atoms with Gasteiger partial charge in [0.15, 0.2) is 0 Å².